The molecule has 2 rings (SSSR count). The summed E-state index contributed by atoms with van der Waals surface area (Å²) < 4.78 is 5.15. The van der Waals surface area contributed by atoms with Gasteiger partial charge in [0.25, 0.3) is 0 Å². The summed E-state index contributed by atoms with van der Waals surface area (Å²) in [7, 11) is 0. The minimum atomic E-state index is -0.536. The van der Waals surface area contributed by atoms with E-state index in [1.807, 2.05) is 18.2 Å². The van der Waals surface area contributed by atoms with E-state index >= 15 is 0 Å². The minimum absolute atomic E-state index is 0.205. The van der Waals surface area contributed by atoms with E-state index in [-0.39, 0.29) is 5.66 Å². The van der Waals surface area contributed by atoms with Crippen molar-refractivity contribution in [2.75, 3.05) is 0 Å². The number of hydrogen-bond donors (Lipinski definition) is 1. The third-order valence-corrected chi connectivity index (χ3v) is 1.67. The van der Waals surface area contributed by atoms with Gasteiger partial charge in [-0.25, -0.2) is 0 Å². The van der Waals surface area contributed by atoms with Crippen LogP contribution in [0.3, 0.4) is 0 Å². The molecule has 0 aliphatic rings. The molecule has 0 fully saturated rings. The predicted octanol–water partition coefficient (Wildman–Crippen LogP) is 0.870. The molecule has 12 heavy (non-hydrogen) atoms. The number of carbonyl (C=O) groups excluding carboxylic acids is 1. The Morgan fingerprint density at radius 1 is 1.42 bits per heavy atom. The molecule has 0 saturated carbocycles. The molecule has 0 bridgehead atoms. The van der Waals surface area contributed by atoms with Crippen molar-refractivity contribution in [3.05, 3.63) is 29.9 Å². The summed E-state index contributed by atoms with van der Waals surface area (Å²) in [5, 5.41) is 0.895. The third kappa shape index (κ3) is 1.01. The van der Waals surface area contributed by atoms with Crippen LogP contribution in [0, 0.1) is 0 Å². The van der Waals surface area contributed by atoms with Crippen molar-refractivity contribution in [3.63, 3.8) is 0 Å². The number of hydrogen-bond acceptors (Lipinski definition) is 2. The second-order valence-electron chi connectivity index (χ2n) is 2.51. The first-order chi connectivity index (χ1) is 5.77. The average Bonchev–Trinajstić information content (AvgIpc) is 2.46. The number of primary amides is 1. The summed E-state index contributed by atoms with van der Waals surface area (Å²) in [4.78, 5) is 10.7. The Bertz CT molecular complexity index is 402. The van der Waals surface area contributed by atoms with Gasteiger partial charge in [0.2, 0.25) is 0 Å². The molecular weight excluding hydrogens is 153 g/mol. The SMILES string of the molecule is NC(=O)c1bc2ccccc2o1. The van der Waals surface area contributed by atoms with Crippen LogP contribution in [0.25, 0.3) is 10.9 Å². The molecule has 0 saturated heterocycles. The van der Waals surface area contributed by atoms with Gasteiger partial charge in [0.15, 0.2) is 0 Å². The molecule has 0 aliphatic heterocycles. The fourth-order valence-electron chi connectivity index (χ4n) is 1.10. The van der Waals surface area contributed by atoms with Crippen LogP contribution in [0.2, 0.25) is 0 Å². The fourth-order valence-corrected chi connectivity index (χ4v) is 1.10. The molecule has 0 unspecified atom stereocenters. The number of amides is 1. The molecule has 4 heteroatoms. The number of benzene rings is 1. The van der Waals surface area contributed by atoms with Crippen LogP contribution in [0.5, 0.6) is 0 Å². The van der Waals surface area contributed by atoms with Crippen molar-refractivity contribution in [1.82, 2.24) is 0 Å². The van der Waals surface area contributed by atoms with Crippen LogP contribution in [-0.2, 0) is 0 Å². The third-order valence-electron chi connectivity index (χ3n) is 1.67. The molecule has 1 aromatic carbocycles. The Hall–Kier alpha value is -1.58. The first-order valence-corrected chi connectivity index (χ1v) is 3.56. The van der Waals surface area contributed by atoms with Gasteiger partial charge in [0.1, 0.15) is 0 Å². The molecule has 58 valence electrons. The van der Waals surface area contributed by atoms with E-state index in [9.17, 15) is 4.79 Å². The zero-order valence-corrected chi connectivity index (χ0v) is 6.28. The molecule has 0 atom stereocenters. The molecule has 1 amide bonds. The Morgan fingerprint density at radius 2 is 2.17 bits per heavy atom. The van der Waals surface area contributed by atoms with E-state index in [2.05, 4.69) is 0 Å². The molecule has 0 aliphatic carbocycles. The Balaban J connectivity index is 2.70. The van der Waals surface area contributed by atoms with Gasteiger partial charge in [0, 0.05) is 0 Å². The number of fused-ring (bicyclic) bond motifs is 1. The van der Waals surface area contributed by atoms with E-state index in [1.165, 1.54) is 0 Å². The molecule has 3 nitrogen and oxygen atoms in total. The van der Waals surface area contributed by atoms with E-state index in [0.717, 1.165) is 5.28 Å². The van der Waals surface area contributed by atoms with Gasteiger partial charge >= 0.3 is 68.5 Å². The Kier molecular flexibility index (Phi) is 1.47. The standard InChI is InChI=1S/C8H6BNO2/c10-8(11)7-9-5-3-1-2-4-6(5)12-7/h1-4H,(H2,10,11). The molecule has 1 heterocycles. The van der Waals surface area contributed by atoms with Gasteiger partial charge < -0.3 is 0 Å². The van der Waals surface area contributed by atoms with Crippen LogP contribution in [-0.4, -0.2) is 12.8 Å². The predicted molar refractivity (Wildman–Crippen MR) is 46.1 cm³/mol. The maximum atomic E-state index is 10.7. The van der Waals surface area contributed by atoms with Crippen molar-refractivity contribution in [2.45, 2.75) is 0 Å². The van der Waals surface area contributed by atoms with Crippen LogP contribution in [0.4, 0.5) is 0 Å². The summed E-state index contributed by atoms with van der Waals surface area (Å²) in [5.41, 5.74) is 5.94. The van der Waals surface area contributed by atoms with Crippen molar-refractivity contribution in [3.8, 4) is 0 Å². The molecule has 2 N–H and O–H groups in total. The van der Waals surface area contributed by atoms with Crippen molar-refractivity contribution >= 4 is 23.7 Å². The van der Waals surface area contributed by atoms with Gasteiger partial charge in [-0.3, -0.25) is 0 Å². The average molecular weight is 159 g/mol. The molecule has 1 aromatic heterocycles. The second kappa shape index (κ2) is 2.48. The van der Waals surface area contributed by atoms with Crippen molar-refractivity contribution in [2.24, 2.45) is 5.73 Å². The maximum absolute atomic E-state index is 10.7. The van der Waals surface area contributed by atoms with E-state index in [4.69, 9.17) is 10.2 Å². The summed E-state index contributed by atoms with van der Waals surface area (Å²) in [6.45, 7) is 1.64. The van der Waals surface area contributed by atoms with Crippen LogP contribution in [0.1, 0.15) is 10.5 Å². The second-order valence-corrected chi connectivity index (χ2v) is 2.51. The van der Waals surface area contributed by atoms with Gasteiger partial charge in [0.05, 0.1) is 0 Å². The number of carbonyl (C=O) groups is 1. The topological polar surface area (TPSA) is 56.2 Å². The molecule has 0 spiro atoms. The first kappa shape index (κ1) is 7.09. The van der Waals surface area contributed by atoms with E-state index in [1.54, 1.807) is 13.0 Å². The zero-order valence-electron chi connectivity index (χ0n) is 6.28. The molecular formula is C8H6BNO2. The van der Waals surface area contributed by atoms with Gasteiger partial charge in [-0.1, -0.05) is 0 Å². The van der Waals surface area contributed by atoms with Crippen molar-refractivity contribution < 1.29 is 9.21 Å². The Morgan fingerprint density at radius 3 is 2.83 bits per heavy atom. The van der Waals surface area contributed by atoms with Crippen LogP contribution >= 0.6 is 0 Å². The van der Waals surface area contributed by atoms with Gasteiger partial charge in [-0.15, -0.1) is 0 Å². The summed E-state index contributed by atoms with van der Waals surface area (Å²) >= 11 is 0. The molecule has 2 aromatic rings. The summed E-state index contributed by atoms with van der Waals surface area (Å²) in [6, 6.07) is 7.38. The summed E-state index contributed by atoms with van der Waals surface area (Å²) in [6.07, 6.45) is 0. The normalized spacial score (nSPS) is 10.0. The first-order valence-electron chi connectivity index (χ1n) is 3.56. The number of para-hydroxylation sites is 1. The van der Waals surface area contributed by atoms with E-state index < -0.39 is 5.91 Å². The van der Waals surface area contributed by atoms with Gasteiger partial charge in [-0.2, -0.15) is 0 Å². The van der Waals surface area contributed by atoms with Crippen molar-refractivity contribution in [1.29, 1.82) is 0 Å². The summed E-state index contributed by atoms with van der Waals surface area (Å²) in [5.74, 6) is -0.536. The quantitative estimate of drug-likeness (QED) is 0.670. The Labute approximate surface area is 69.4 Å². The van der Waals surface area contributed by atoms with Crippen LogP contribution < -0.4 is 5.73 Å². The number of rotatable bonds is 1. The van der Waals surface area contributed by atoms with Gasteiger partial charge in [-0.05, 0) is 0 Å². The van der Waals surface area contributed by atoms with E-state index in [0.29, 0.717) is 5.58 Å². The fraction of sp³-hybridized carbons (Fsp3) is 0. The molecule has 0 radical (unpaired) electrons. The zero-order chi connectivity index (χ0) is 8.55. The van der Waals surface area contributed by atoms with Crippen LogP contribution in [0.15, 0.2) is 28.7 Å². The number of nitrogens with two attached hydrogens (primary N) is 1. The monoisotopic (exact) mass is 159 g/mol.